The second-order valence-electron chi connectivity index (χ2n) is 7.32. The number of thiazole rings is 1. The minimum Gasteiger partial charge on any atom is -0.493 e. The highest BCUT2D eigenvalue weighted by Crippen LogP contribution is 2.34. The van der Waals surface area contributed by atoms with Crippen LogP contribution in [0.4, 0.5) is 0 Å². The van der Waals surface area contributed by atoms with Gasteiger partial charge in [-0.15, -0.1) is 11.3 Å². The van der Waals surface area contributed by atoms with Crippen LogP contribution < -0.4 is 9.47 Å². The largest absolute Gasteiger partial charge is 0.493 e. The Hall–Kier alpha value is -1.64. The van der Waals surface area contributed by atoms with Crippen LogP contribution in [-0.4, -0.2) is 56.1 Å². The van der Waals surface area contributed by atoms with E-state index >= 15 is 0 Å². The molecule has 2 heterocycles. The summed E-state index contributed by atoms with van der Waals surface area (Å²) in [6, 6.07) is 5.96. The first-order chi connectivity index (χ1) is 14.0. The number of hydrogen-bond acceptors (Lipinski definition) is 7. The molecule has 8 heteroatoms. The van der Waals surface area contributed by atoms with E-state index in [0.29, 0.717) is 24.7 Å². The Labute approximate surface area is 177 Å². The summed E-state index contributed by atoms with van der Waals surface area (Å²) < 4.78 is 34.9. The zero-order valence-corrected chi connectivity index (χ0v) is 19.0. The van der Waals surface area contributed by atoms with Crippen molar-refractivity contribution in [3.63, 3.8) is 0 Å². The van der Waals surface area contributed by atoms with E-state index in [1.807, 2.05) is 25.1 Å². The smallest absolute Gasteiger partial charge is 0.161 e. The summed E-state index contributed by atoms with van der Waals surface area (Å²) >= 11 is 1.60. The Balaban J connectivity index is 1.75. The normalized spacial score (nSPS) is 18.3. The van der Waals surface area contributed by atoms with Gasteiger partial charge in [-0.2, -0.15) is 0 Å². The topological polar surface area (TPSA) is 68.7 Å². The van der Waals surface area contributed by atoms with Crippen LogP contribution in [0.3, 0.4) is 0 Å². The third-order valence-electron chi connectivity index (χ3n) is 5.15. The summed E-state index contributed by atoms with van der Waals surface area (Å²) in [6.07, 6.45) is 2.87. The van der Waals surface area contributed by atoms with Gasteiger partial charge in [0.1, 0.15) is 5.01 Å². The van der Waals surface area contributed by atoms with Gasteiger partial charge in [0.15, 0.2) is 21.3 Å². The maximum Gasteiger partial charge on any atom is 0.161 e. The number of unbranched alkanes of at least 4 members (excludes halogenated alkanes) is 1. The number of nitrogens with zero attached hydrogens (tertiary/aromatic N) is 2. The molecule has 0 radical (unpaired) electrons. The maximum absolute atomic E-state index is 11.9. The first-order valence-corrected chi connectivity index (χ1v) is 12.9. The van der Waals surface area contributed by atoms with Crippen molar-refractivity contribution in [1.29, 1.82) is 0 Å². The summed E-state index contributed by atoms with van der Waals surface area (Å²) in [4.78, 5) is 7.12. The minimum atomic E-state index is -2.90. The van der Waals surface area contributed by atoms with E-state index in [4.69, 9.17) is 14.5 Å². The molecule has 0 saturated carbocycles. The Morgan fingerprint density at radius 1 is 1.28 bits per heavy atom. The fraction of sp³-hybridized carbons (Fsp3) is 0.571. The van der Waals surface area contributed by atoms with Gasteiger partial charge in [-0.1, -0.05) is 13.3 Å². The SMILES string of the molecule is CCCCN(Cc1csc(-c2ccc(OCC)c(OC)c2)n1)C1CCS(=O)(=O)C1. The average molecular weight is 439 g/mol. The predicted molar refractivity (Wildman–Crippen MR) is 118 cm³/mol. The summed E-state index contributed by atoms with van der Waals surface area (Å²) in [6.45, 7) is 6.27. The first-order valence-electron chi connectivity index (χ1n) is 10.2. The van der Waals surface area contributed by atoms with Crippen LogP contribution in [0.5, 0.6) is 11.5 Å². The number of benzene rings is 1. The van der Waals surface area contributed by atoms with Crippen molar-refractivity contribution in [2.24, 2.45) is 0 Å². The lowest BCUT2D eigenvalue weighted by Gasteiger charge is -2.27. The van der Waals surface area contributed by atoms with Crippen LogP contribution in [-0.2, 0) is 16.4 Å². The molecular weight excluding hydrogens is 408 g/mol. The molecule has 1 aromatic carbocycles. The fourth-order valence-corrected chi connectivity index (χ4v) is 6.18. The zero-order chi connectivity index (χ0) is 20.9. The lowest BCUT2D eigenvalue weighted by Crippen LogP contribution is -2.36. The monoisotopic (exact) mass is 438 g/mol. The highest BCUT2D eigenvalue weighted by Gasteiger charge is 2.32. The van der Waals surface area contributed by atoms with Crippen molar-refractivity contribution in [1.82, 2.24) is 9.88 Å². The van der Waals surface area contributed by atoms with E-state index < -0.39 is 9.84 Å². The number of methoxy groups -OCH3 is 1. The van der Waals surface area contributed by atoms with Crippen molar-refractivity contribution >= 4 is 21.2 Å². The van der Waals surface area contributed by atoms with Crippen LogP contribution in [0.15, 0.2) is 23.6 Å². The number of sulfone groups is 1. The molecule has 1 fully saturated rings. The molecule has 0 bridgehead atoms. The van der Waals surface area contributed by atoms with Crippen LogP contribution in [0, 0.1) is 0 Å². The van der Waals surface area contributed by atoms with Crippen molar-refractivity contribution in [3.8, 4) is 22.1 Å². The van der Waals surface area contributed by atoms with Crippen LogP contribution in [0.25, 0.3) is 10.6 Å². The Morgan fingerprint density at radius 3 is 2.76 bits per heavy atom. The molecule has 0 N–H and O–H groups in total. The number of hydrogen-bond donors (Lipinski definition) is 0. The van der Waals surface area contributed by atoms with Crippen molar-refractivity contribution in [3.05, 3.63) is 29.3 Å². The zero-order valence-electron chi connectivity index (χ0n) is 17.4. The van der Waals surface area contributed by atoms with Gasteiger partial charge in [0.05, 0.1) is 30.9 Å². The molecule has 1 aromatic heterocycles. The molecule has 160 valence electrons. The van der Waals surface area contributed by atoms with Crippen molar-refractivity contribution in [2.75, 3.05) is 31.8 Å². The molecule has 0 aliphatic carbocycles. The lowest BCUT2D eigenvalue weighted by molar-refractivity contribution is 0.198. The maximum atomic E-state index is 11.9. The number of aromatic nitrogens is 1. The van der Waals surface area contributed by atoms with Gasteiger partial charge in [0, 0.05) is 23.5 Å². The molecule has 6 nitrogen and oxygen atoms in total. The van der Waals surface area contributed by atoms with Gasteiger partial charge in [-0.05, 0) is 44.5 Å². The number of rotatable bonds is 10. The molecule has 1 aliphatic rings. The third kappa shape index (κ3) is 5.71. The summed E-state index contributed by atoms with van der Waals surface area (Å²) in [5.41, 5.74) is 1.98. The molecule has 3 rings (SSSR count). The van der Waals surface area contributed by atoms with E-state index in [0.717, 1.165) is 47.8 Å². The molecule has 1 saturated heterocycles. The van der Waals surface area contributed by atoms with Gasteiger partial charge in [-0.25, -0.2) is 13.4 Å². The van der Waals surface area contributed by atoms with E-state index in [2.05, 4.69) is 17.2 Å². The molecule has 1 aliphatic heterocycles. The van der Waals surface area contributed by atoms with Crippen molar-refractivity contribution < 1.29 is 17.9 Å². The highest BCUT2D eigenvalue weighted by atomic mass is 32.2. The molecular formula is C21H30N2O4S2. The van der Waals surface area contributed by atoms with E-state index in [-0.39, 0.29) is 11.8 Å². The van der Waals surface area contributed by atoms with Crippen LogP contribution >= 0.6 is 11.3 Å². The van der Waals surface area contributed by atoms with E-state index in [1.54, 1.807) is 18.4 Å². The third-order valence-corrected chi connectivity index (χ3v) is 7.84. The van der Waals surface area contributed by atoms with Crippen molar-refractivity contribution in [2.45, 2.75) is 45.7 Å². The summed E-state index contributed by atoms with van der Waals surface area (Å²) in [5.74, 6) is 1.99. The molecule has 0 amide bonds. The molecule has 2 aromatic rings. The molecule has 29 heavy (non-hydrogen) atoms. The first kappa shape index (κ1) is 22.1. The molecule has 1 unspecified atom stereocenters. The second-order valence-corrected chi connectivity index (χ2v) is 10.4. The Morgan fingerprint density at radius 2 is 2.10 bits per heavy atom. The highest BCUT2D eigenvalue weighted by molar-refractivity contribution is 7.91. The van der Waals surface area contributed by atoms with Gasteiger partial charge in [-0.3, -0.25) is 4.90 Å². The van der Waals surface area contributed by atoms with Gasteiger partial charge >= 0.3 is 0 Å². The summed E-state index contributed by atoms with van der Waals surface area (Å²) in [7, 11) is -1.26. The second kappa shape index (κ2) is 9.91. The standard InChI is InChI=1S/C21H30N2O4S2/c1-4-6-10-23(18-9-11-29(24,25)15-18)13-17-14-28-21(22-17)16-7-8-19(27-5-2)20(12-16)26-3/h7-8,12,14,18H,4-6,9-11,13,15H2,1-3H3. The fourth-order valence-electron chi connectivity index (χ4n) is 3.61. The quantitative estimate of drug-likeness (QED) is 0.558. The lowest BCUT2D eigenvalue weighted by atomic mass is 10.2. The number of ether oxygens (including phenoxy) is 2. The van der Waals surface area contributed by atoms with Gasteiger partial charge in [0.2, 0.25) is 0 Å². The predicted octanol–water partition coefficient (Wildman–Crippen LogP) is 4.01. The average Bonchev–Trinajstić information content (AvgIpc) is 3.31. The summed E-state index contributed by atoms with van der Waals surface area (Å²) in [5, 5.41) is 3.00. The minimum absolute atomic E-state index is 0.0993. The van der Waals surface area contributed by atoms with E-state index in [9.17, 15) is 8.42 Å². The Kier molecular flexibility index (Phi) is 7.54. The Bertz CT molecular complexity index is 911. The molecule has 1 atom stereocenters. The van der Waals surface area contributed by atoms with Gasteiger partial charge in [0.25, 0.3) is 0 Å². The van der Waals surface area contributed by atoms with Crippen LogP contribution in [0.1, 0.15) is 38.8 Å². The van der Waals surface area contributed by atoms with Crippen LogP contribution in [0.2, 0.25) is 0 Å². The molecule has 0 spiro atoms. The van der Waals surface area contributed by atoms with E-state index in [1.165, 1.54) is 0 Å². The van der Waals surface area contributed by atoms with Gasteiger partial charge < -0.3 is 9.47 Å².